The number of aryl methyl sites for hydroxylation is 1. The lowest BCUT2D eigenvalue weighted by atomic mass is 9.87. The van der Waals surface area contributed by atoms with E-state index in [2.05, 4.69) is 27.5 Å². The number of carboxylic acid groups (broad SMARTS) is 1. The molecule has 0 saturated heterocycles. The molecule has 0 radical (unpaired) electrons. The van der Waals surface area contributed by atoms with Crippen LogP contribution in [0.1, 0.15) is 64.0 Å². The number of aliphatic carboxylic acids is 1. The molecule has 1 aliphatic rings. The van der Waals surface area contributed by atoms with Crippen LogP contribution in [0.25, 0.3) is 11.4 Å². The van der Waals surface area contributed by atoms with Gasteiger partial charge in [0, 0.05) is 7.05 Å². The molecular weight excluding hydrogens is 426 g/mol. The number of carbonyl (C=O) groups excluding carboxylic acids is 1. The highest BCUT2D eigenvalue weighted by Gasteiger charge is 2.28. The zero-order valence-corrected chi connectivity index (χ0v) is 19.3. The first-order valence-electron chi connectivity index (χ1n) is 11.6. The number of carboxylic acids is 1. The van der Waals surface area contributed by atoms with Crippen LogP contribution in [0.4, 0.5) is 4.79 Å². The first-order valence-corrected chi connectivity index (χ1v) is 11.6. The number of amides is 1. The molecule has 2 N–H and O–H groups in total. The Morgan fingerprint density at radius 2 is 2.09 bits per heavy atom. The van der Waals surface area contributed by atoms with Crippen LogP contribution in [0.2, 0.25) is 0 Å². The predicted molar refractivity (Wildman–Crippen MR) is 121 cm³/mol. The van der Waals surface area contributed by atoms with Crippen molar-refractivity contribution in [2.24, 2.45) is 13.0 Å². The minimum atomic E-state index is -0.763. The number of rotatable bonds is 11. The molecule has 2 aromatic rings. The number of alkyl carbamates (subject to hydrolysis) is 1. The summed E-state index contributed by atoms with van der Waals surface area (Å²) in [5, 5.41) is 20.2. The molecule has 10 nitrogen and oxygen atoms in total. The van der Waals surface area contributed by atoms with Gasteiger partial charge in [-0.3, -0.25) is 9.78 Å². The summed E-state index contributed by atoms with van der Waals surface area (Å²) in [7, 11) is 1.75. The number of nitrogens with zero attached hydrogens (tertiary/aromatic N) is 4. The van der Waals surface area contributed by atoms with E-state index >= 15 is 0 Å². The maximum atomic E-state index is 12.0. The van der Waals surface area contributed by atoms with Crippen molar-refractivity contribution >= 4 is 12.1 Å². The van der Waals surface area contributed by atoms with Crippen LogP contribution in [0.5, 0.6) is 5.75 Å². The summed E-state index contributed by atoms with van der Waals surface area (Å²) in [5.74, 6) is -0.528. The first-order chi connectivity index (χ1) is 16.0. The Kier molecular flexibility index (Phi) is 9.03. The summed E-state index contributed by atoms with van der Waals surface area (Å²) in [6, 6.07) is 3.58. The van der Waals surface area contributed by atoms with E-state index in [0.29, 0.717) is 42.3 Å². The maximum Gasteiger partial charge on any atom is 0.407 e. The van der Waals surface area contributed by atoms with E-state index in [-0.39, 0.29) is 18.6 Å². The van der Waals surface area contributed by atoms with Gasteiger partial charge in [0.05, 0.1) is 42.8 Å². The number of nitrogens with one attached hydrogen (secondary N) is 1. The Hall–Kier alpha value is -3.17. The number of carbonyl (C=O) groups is 2. The molecule has 0 aliphatic heterocycles. The molecule has 1 aliphatic carbocycles. The van der Waals surface area contributed by atoms with Crippen molar-refractivity contribution in [3.8, 4) is 17.1 Å². The Morgan fingerprint density at radius 1 is 1.24 bits per heavy atom. The third-order valence-electron chi connectivity index (χ3n) is 5.83. The van der Waals surface area contributed by atoms with Crippen LogP contribution >= 0.6 is 0 Å². The molecule has 2 atom stereocenters. The van der Waals surface area contributed by atoms with E-state index in [4.69, 9.17) is 9.47 Å². The summed E-state index contributed by atoms with van der Waals surface area (Å²) in [6.07, 6.45) is 8.06. The second-order valence-corrected chi connectivity index (χ2v) is 8.38. The smallest absolute Gasteiger partial charge is 0.407 e. The molecule has 180 valence electrons. The van der Waals surface area contributed by atoms with Crippen molar-refractivity contribution in [2.45, 2.75) is 70.9 Å². The molecule has 3 rings (SSSR count). The zero-order chi connectivity index (χ0) is 23.6. The lowest BCUT2D eigenvalue weighted by molar-refractivity contribution is -0.143. The number of aromatic nitrogens is 4. The second kappa shape index (κ2) is 12.2. The molecule has 0 spiro atoms. The van der Waals surface area contributed by atoms with Gasteiger partial charge in [-0.25, -0.2) is 9.48 Å². The fourth-order valence-electron chi connectivity index (χ4n) is 3.93. The Balaban J connectivity index is 1.55. The Labute approximate surface area is 193 Å². The molecule has 33 heavy (non-hydrogen) atoms. The van der Waals surface area contributed by atoms with Crippen LogP contribution in [-0.2, 0) is 23.1 Å². The van der Waals surface area contributed by atoms with Gasteiger partial charge in [-0.15, -0.1) is 5.10 Å². The van der Waals surface area contributed by atoms with Crippen molar-refractivity contribution in [1.82, 2.24) is 25.3 Å². The normalized spacial score (nSPS) is 18.0. The summed E-state index contributed by atoms with van der Waals surface area (Å²) >= 11 is 0. The van der Waals surface area contributed by atoms with Crippen molar-refractivity contribution < 1.29 is 24.2 Å². The summed E-state index contributed by atoms with van der Waals surface area (Å²) in [6.45, 7) is 2.75. The molecule has 0 aromatic carbocycles. The fourth-order valence-corrected chi connectivity index (χ4v) is 3.93. The molecule has 2 heterocycles. The minimum absolute atomic E-state index is 0.128. The standard InChI is InChI=1S/C23H33N5O5/c1-3-4-5-6-12-32-23(31)25-15-20-21(26-27-28(20)2)19-11-10-18(14-24-19)33-17-9-7-8-16(13-17)22(29)30/h10-11,14,16-17H,3-9,12-13,15H2,1-2H3,(H,25,31)(H,29,30)/t16-,17-/m0/s1. The van der Waals surface area contributed by atoms with Gasteiger partial charge in [-0.2, -0.15) is 0 Å². The molecule has 10 heteroatoms. The third-order valence-corrected chi connectivity index (χ3v) is 5.83. The lowest BCUT2D eigenvalue weighted by Gasteiger charge is -2.27. The lowest BCUT2D eigenvalue weighted by Crippen LogP contribution is -2.29. The van der Waals surface area contributed by atoms with Crippen molar-refractivity contribution in [2.75, 3.05) is 6.61 Å². The van der Waals surface area contributed by atoms with E-state index in [9.17, 15) is 14.7 Å². The zero-order valence-electron chi connectivity index (χ0n) is 19.3. The number of hydrogen-bond donors (Lipinski definition) is 2. The van der Waals surface area contributed by atoms with Gasteiger partial charge in [-0.05, 0) is 44.2 Å². The molecule has 1 amide bonds. The highest BCUT2D eigenvalue weighted by atomic mass is 16.5. The SMILES string of the molecule is CCCCCCOC(=O)NCc1c(-c2ccc(O[C@H]3CCC[C@H](C(=O)O)C3)cn2)nnn1C. The monoisotopic (exact) mass is 459 g/mol. The highest BCUT2D eigenvalue weighted by Crippen LogP contribution is 2.28. The van der Waals surface area contributed by atoms with Crippen molar-refractivity contribution in [3.63, 3.8) is 0 Å². The van der Waals surface area contributed by atoms with Crippen LogP contribution < -0.4 is 10.1 Å². The summed E-state index contributed by atoms with van der Waals surface area (Å²) in [4.78, 5) is 27.7. The topological polar surface area (TPSA) is 128 Å². The van der Waals surface area contributed by atoms with Gasteiger partial charge in [0.15, 0.2) is 0 Å². The number of pyridine rings is 1. The molecular formula is C23H33N5O5. The molecule has 1 fully saturated rings. The average Bonchev–Trinajstić information content (AvgIpc) is 3.18. The van der Waals surface area contributed by atoms with Gasteiger partial charge in [-0.1, -0.05) is 31.4 Å². The molecule has 0 unspecified atom stereocenters. The van der Waals surface area contributed by atoms with E-state index in [0.717, 1.165) is 38.5 Å². The number of ether oxygens (including phenoxy) is 2. The summed E-state index contributed by atoms with van der Waals surface area (Å²) in [5.41, 5.74) is 1.87. The van der Waals surface area contributed by atoms with Crippen LogP contribution in [0, 0.1) is 5.92 Å². The van der Waals surface area contributed by atoms with E-state index in [1.165, 1.54) is 0 Å². The number of unbranched alkanes of at least 4 members (excludes halogenated alkanes) is 3. The van der Waals surface area contributed by atoms with Gasteiger partial charge in [0.25, 0.3) is 0 Å². The molecule has 1 saturated carbocycles. The van der Waals surface area contributed by atoms with E-state index in [1.54, 1.807) is 30.1 Å². The fraction of sp³-hybridized carbons (Fsp3) is 0.609. The van der Waals surface area contributed by atoms with Crippen molar-refractivity contribution in [1.29, 1.82) is 0 Å². The van der Waals surface area contributed by atoms with Crippen LogP contribution in [-0.4, -0.2) is 49.9 Å². The van der Waals surface area contributed by atoms with E-state index < -0.39 is 12.1 Å². The van der Waals surface area contributed by atoms with Gasteiger partial charge >= 0.3 is 12.1 Å². The van der Waals surface area contributed by atoms with Gasteiger partial charge in [0.2, 0.25) is 0 Å². The largest absolute Gasteiger partial charge is 0.489 e. The highest BCUT2D eigenvalue weighted by molar-refractivity contribution is 5.70. The Bertz CT molecular complexity index is 914. The first kappa shape index (κ1) is 24.5. The quantitative estimate of drug-likeness (QED) is 0.487. The second-order valence-electron chi connectivity index (χ2n) is 8.38. The summed E-state index contributed by atoms with van der Waals surface area (Å²) < 4.78 is 12.8. The number of hydrogen-bond acceptors (Lipinski definition) is 7. The maximum absolute atomic E-state index is 12.0. The molecule has 0 bridgehead atoms. The Morgan fingerprint density at radius 3 is 2.82 bits per heavy atom. The van der Waals surface area contributed by atoms with Crippen LogP contribution in [0.15, 0.2) is 18.3 Å². The average molecular weight is 460 g/mol. The van der Waals surface area contributed by atoms with Crippen molar-refractivity contribution in [3.05, 3.63) is 24.0 Å². The van der Waals surface area contributed by atoms with E-state index in [1.807, 2.05) is 0 Å². The third kappa shape index (κ3) is 7.16. The molecule has 2 aromatic heterocycles. The minimum Gasteiger partial charge on any atom is -0.489 e. The predicted octanol–water partition coefficient (Wildman–Crippen LogP) is 3.71. The van der Waals surface area contributed by atoms with Crippen LogP contribution in [0.3, 0.4) is 0 Å². The van der Waals surface area contributed by atoms with Gasteiger partial charge in [0.1, 0.15) is 11.4 Å². The van der Waals surface area contributed by atoms with Gasteiger partial charge < -0.3 is 19.9 Å².